The average molecular weight is 329 g/mol. The van der Waals surface area contributed by atoms with Gasteiger partial charge in [0.15, 0.2) is 0 Å². The first-order chi connectivity index (χ1) is 10.8. The topological polar surface area (TPSA) is 45.5 Å². The summed E-state index contributed by atoms with van der Waals surface area (Å²) in [6, 6.07) is 17.6. The SMILES string of the molecule is O/N=C/c1cc2ccccc2nc1SCc1ccc(Cl)cc1. The summed E-state index contributed by atoms with van der Waals surface area (Å²) in [5, 5.41) is 14.6. The number of para-hydroxylation sites is 1. The van der Waals surface area contributed by atoms with Gasteiger partial charge in [0.25, 0.3) is 0 Å². The third-order valence-corrected chi connectivity index (χ3v) is 4.53. The zero-order chi connectivity index (χ0) is 15.4. The molecule has 0 aliphatic carbocycles. The van der Waals surface area contributed by atoms with Gasteiger partial charge in [0.2, 0.25) is 0 Å². The fraction of sp³-hybridized carbons (Fsp3) is 0.0588. The molecule has 110 valence electrons. The molecule has 0 spiro atoms. The largest absolute Gasteiger partial charge is 0.411 e. The minimum atomic E-state index is 0.727. The van der Waals surface area contributed by atoms with Gasteiger partial charge in [0.05, 0.1) is 11.7 Å². The molecule has 0 bridgehead atoms. The van der Waals surface area contributed by atoms with Crippen molar-refractivity contribution in [3.05, 3.63) is 70.7 Å². The predicted molar refractivity (Wildman–Crippen MR) is 92.1 cm³/mol. The van der Waals surface area contributed by atoms with Crippen LogP contribution in [-0.2, 0) is 5.75 Å². The lowest BCUT2D eigenvalue weighted by molar-refractivity contribution is 0.321. The highest BCUT2D eigenvalue weighted by atomic mass is 35.5. The van der Waals surface area contributed by atoms with E-state index in [4.69, 9.17) is 16.8 Å². The Morgan fingerprint density at radius 1 is 1.14 bits per heavy atom. The summed E-state index contributed by atoms with van der Waals surface area (Å²) in [6.45, 7) is 0. The second-order valence-corrected chi connectivity index (χ2v) is 6.14. The molecule has 1 aromatic heterocycles. The van der Waals surface area contributed by atoms with Crippen LogP contribution in [0.3, 0.4) is 0 Å². The van der Waals surface area contributed by atoms with Crippen LogP contribution in [0.5, 0.6) is 0 Å². The van der Waals surface area contributed by atoms with E-state index in [1.807, 2.05) is 54.6 Å². The molecule has 0 fully saturated rings. The summed E-state index contributed by atoms with van der Waals surface area (Å²) >= 11 is 7.50. The third-order valence-electron chi connectivity index (χ3n) is 3.20. The van der Waals surface area contributed by atoms with Crippen molar-refractivity contribution in [3.8, 4) is 0 Å². The number of nitrogens with zero attached hydrogens (tertiary/aromatic N) is 2. The van der Waals surface area contributed by atoms with Gasteiger partial charge in [-0.15, -0.1) is 11.8 Å². The average Bonchev–Trinajstić information content (AvgIpc) is 2.54. The van der Waals surface area contributed by atoms with Gasteiger partial charge in [0, 0.05) is 21.7 Å². The number of halogens is 1. The number of pyridine rings is 1. The van der Waals surface area contributed by atoms with Crippen LogP contribution in [0.4, 0.5) is 0 Å². The zero-order valence-corrected chi connectivity index (χ0v) is 13.2. The molecular formula is C17H13ClN2OS. The van der Waals surface area contributed by atoms with Crippen LogP contribution in [0.25, 0.3) is 10.9 Å². The normalized spacial score (nSPS) is 11.3. The first-order valence-corrected chi connectivity index (χ1v) is 8.07. The molecule has 0 aliphatic heterocycles. The van der Waals surface area contributed by atoms with Crippen molar-refractivity contribution >= 4 is 40.5 Å². The minimum absolute atomic E-state index is 0.727. The fourth-order valence-electron chi connectivity index (χ4n) is 2.12. The van der Waals surface area contributed by atoms with Gasteiger partial charge < -0.3 is 5.21 Å². The summed E-state index contributed by atoms with van der Waals surface area (Å²) in [5.41, 5.74) is 2.90. The maximum atomic E-state index is 8.85. The number of fused-ring (bicyclic) bond motifs is 1. The Balaban J connectivity index is 1.90. The predicted octanol–water partition coefficient (Wildman–Crippen LogP) is 4.99. The van der Waals surface area contributed by atoms with E-state index in [-0.39, 0.29) is 0 Å². The quantitative estimate of drug-likeness (QED) is 0.317. The van der Waals surface area contributed by atoms with E-state index in [0.29, 0.717) is 0 Å². The van der Waals surface area contributed by atoms with Gasteiger partial charge in [-0.25, -0.2) is 4.98 Å². The molecular weight excluding hydrogens is 316 g/mol. The number of hydrogen-bond donors (Lipinski definition) is 1. The maximum absolute atomic E-state index is 8.85. The van der Waals surface area contributed by atoms with Gasteiger partial charge in [-0.05, 0) is 29.8 Å². The van der Waals surface area contributed by atoms with E-state index in [0.717, 1.165) is 37.8 Å². The summed E-state index contributed by atoms with van der Waals surface area (Å²) in [6.07, 6.45) is 1.42. The monoisotopic (exact) mass is 328 g/mol. The molecule has 0 amide bonds. The number of benzene rings is 2. The Bertz CT molecular complexity index is 819. The molecule has 22 heavy (non-hydrogen) atoms. The van der Waals surface area contributed by atoms with Crippen LogP contribution < -0.4 is 0 Å². The molecule has 0 unspecified atom stereocenters. The fourth-order valence-corrected chi connectivity index (χ4v) is 3.18. The molecule has 3 aromatic rings. The Kier molecular flexibility index (Phi) is 4.61. The van der Waals surface area contributed by atoms with Gasteiger partial charge in [-0.2, -0.15) is 0 Å². The van der Waals surface area contributed by atoms with E-state index in [9.17, 15) is 0 Å². The molecule has 2 aromatic carbocycles. The van der Waals surface area contributed by atoms with E-state index in [1.165, 1.54) is 6.21 Å². The van der Waals surface area contributed by atoms with Crippen molar-refractivity contribution in [1.29, 1.82) is 0 Å². The Morgan fingerprint density at radius 3 is 2.68 bits per heavy atom. The number of rotatable bonds is 4. The van der Waals surface area contributed by atoms with Crippen molar-refractivity contribution in [2.24, 2.45) is 5.16 Å². The molecule has 0 atom stereocenters. The molecule has 0 saturated heterocycles. The number of oxime groups is 1. The summed E-state index contributed by atoms with van der Waals surface area (Å²) in [5.74, 6) is 0.773. The van der Waals surface area contributed by atoms with E-state index in [1.54, 1.807) is 11.8 Å². The lowest BCUT2D eigenvalue weighted by atomic mass is 10.2. The van der Waals surface area contributed by atoms with Crippen molar-refractivity contribution in [2.45, 2.75) is 10.8 Å². The molecule has 1 heterocycles. The Labute approximate surface area is 137 Å². The molecule has 1 N–H and O–H groups in total. The second-order valence-electron chi connectivity index (χ2n) is 4.74. The van der Waals surface area contributed by atoms with Crippen LogP contribution in [0.15, 0.2) is 64.8 Å². The molecule has 0 aliphatic rings. The van der Waals surface area contributed by atoms with Crippen LogP contribution >= 0.6 is 23.4 Å². The molecule has 5 heteroatoms. The zero-order valence-electron chi connectivity index (χ0n) is 11.6. The van der Waals surface area contributed by atoms with Crippen molar-refractivity contribution in [3.63, 3.8) is 0 Å². The first-order valence-electron chi connectivity index (χ1n) is 6.71. The third kappa shape index (κ3) is 3.40. The van der Waals surface area contributed by atoms with Crippen LogP contribution in [0, 0.1) is 0 Å². The number of hydrogen-bond acceptors (Lipinski definition) is 4. The number of aromatic nitrogens is 1. The molecule has 0 radical (unpaired) electrons. The molecule has 3 rings (SSSR count). The van der Waals surface area contributed by atoms with E-state index in [2.05, 4.69) is 10.1 Å². The lowest BCUT2D eigenvalue weighted by Crippen LogP contribution is -1.93. The van der Waals surface area contributed by atoms with E-state index < -0.39 is 0 Å². The smallest absolute Gasteiger partial charge is 0.106 e. The molecule has 0 saturated carbocycles. The highest BCUT2D eigenvalue weighted by Crippen LogP contribution is 2.27. The highest BCUT2D eigenvalue weighted by molar-refractivity contribution is 7.98. The minimum Gasteiger partial charge on any atom is -0.411 e. The van der Waals surface area contributed by atoms with Crippen molar-refractivity contribution in [1.82, 2.24) is 4.98 Å². The Hall–Kier alpha value is -2.04. The summed E-state index contributed by atoms with van der Waals surface area (Å²) in [4.78, 5) is 4.66. The summed E-state index contributed by atoms with van der Waals surface area (Å²) < 4.78 is 0. The first kappa shape index (κ1) is 14.9. The standard InChI is InChI=1S/C17H13ClN2OS/c18-15-7-5-12(6-8-15)11-22-17-14(10-19-21)9-13-3-1-2-4-16(13)20-17/h1-10,21H,11H2/b19-10+. The van der Waals surface area contributed by atoms with Gasteiger partial charge in [-0.1, -0.05) is 47.1 Å². The van der Waals surface area contributed by atoms with Crippen molar-refractivity contribution in [2.75, 3.05) is 0 Å². The molecule has 3 nitrogen and oxygen atoms in total. The van der Waals surface area contributed by atoms with Crippen LogP contribution in [0.2, 0.25) is 5.02 Å². The van der Waals surface area contributed by atoms with Gasteiger partial charge in [-0.3, -0.25) is 0 Å². The number of thioether (sulfide) groups is 1. The Morgan fingerprint density at radius 2 is 1.91 bits per heavy atom. The maximum Gasteiger partial charge on any atom is 0.106 e. The second kappa shape index (κ2) is 6.81. The van der Waals surface area contributed by atoms with Gasteiger partial charge in [0.1, 0.15) is 5.03 Å². The highest BCUT2D eigenvalue weighted by Gasteiger charge is 2.07. The lowest BCUT2D eigenvalue weighted by Gasteiger charge is -2.07. The summed E-state index contributed by atoms with van der Waals surface area (Å²) in [7, 11) is 0. The van der Waals surface area contributed by atoms with Crippen molar-refractivity contribution < 1.29 is 5.21 Å². The van der Waals surface area contributed by atoms with E-state index >= 15 is 0 Å². The van der Waals surface area contributed by atoms with Gasteiger partial charge >= 0.3 is 0 Å². The van der Waals surface area contributed by atoms with Crippen LogP contribution in [0.1, 0.15) is 11.1 Å². The van der Waals surface area contributed by atoms with Crippen LogP contribution in [-0.4, -0.2) is 16.4 Å².